The number of nitrogens with zero attached hydrogens (tertiary/aromatic N) is 3. The van der Waals surface area contributed by atoms with Crippen molar-refractivity contribution in [1.29, 1.82) is 0 Å². The molecule has 0 saturated carbocycles. The van der Waals surface area contributed by atoms with E-state index < -0.39 is 0 Å². The molecule has 0 atom stereocenters. The number of carbonyl (C=O) groups excluding carboxylic acids is 1. The van der Waals surface area contributed by atoms with Crippen molar-refractivity contribution in [2.75, 3.05) is 36.4 Å². The van der Waals surface area contributed by atoms with Crippen molar-refractivity contribution in [3.63, 3.8) is 0 Å². The third kappa shape index (κ3) is 5.30. The van der Waals surface area contributed by atoms with Crippen LogP contribution in [0.3, 0.4) is 0 Å². The van der Waals surface area contributed by atoms with Crippen LogP contribution in [0, 0.1) is 0 Å². The Morgan fingerprint density at radius 3 is 2.50 bits per heavy atom. The molecule has 0 aliphatic carbocycles. The molecule has 0 radical (unpaired) electrons. The van der Waals surface area contributed by atoms with Crippen LogP contribution in [-0.4, -0.2) is 42.0 Å². The second-order valence-corrected chi connectivity index (χ2v) is 6.80. The number of nitrogens with one attached hydrogen (secondary N) is 1. The number of amides is 1. The molecule has 1 fully saturated rings. The highest BCUT2D eigenvalue weighted by Crippen LogP contribution is 2.16. The Bertz CT molecular complexity index is 679. The van der Waals surface area contributed by atoms with Gasteiger partial charge in [0.15, 0.2) is 0 Å². The van der Waals surface area contributed by atoms with Gasteiger partial charge in [0.05, 0.1) is 0 Å². The molecule has 5 heteroatoms. The zero-order valence-corrected chi connectivity index (χ0v) is 15.5. The lowest BCUT2D eigenvalue weighted by molar-refractivity contribution is -0.116. The van der Waals surface area contributed by atoms with Gasteiger partial charge in [-0.3, -0.25) is 9.69 Å². The smallest absolute Gasteiger partial charge is 0.224 e. The number of benzene rings is 1. The molecular weight excluding hydrogens is 324 g/mol. The summed E-state index contributed by atoms with van der Waals surface area (Å²) in [4.78, 5) is 21.0. The fourth-order valence-corrected chi connectivity index (χ4v) is 3.19. The first kappa shape index (κ1) is 18.4. The van der Waals surface area contributed by atoms with Crippen LogP contribution in [-0.2, 0) is 11.3 Å². The minimum absolute atomic E-state index is 0.102. The Labute approximate surface area is 156 Å². The van der Waals surface area contributed by atoms with Crippen molar-refractivity contribution >= 4 is 17.4 Å². The van der Waals surface area contributed by atoms with Crippen molar-refractivity contribution in [2.24, 2.45) is 0 Å². The van der Waals surface area contributed by atoms with Gasteiger partial charge in [-0.25, -0.2) is 4.98 Å². The fourth-order valence-electron chi connectivity index (χ4n) is 3.19. The van der Waals surface area contributed by atoms with E-state index in [1.54, 1.807) is 0 Å². The maximum absolute atomic E-state index is 11.8. The van der Waals surface area contributed by atoms with Gasteiger partial charge >= 0.3 is 0 Å². The van der Waals surface area contributed by atoms with Gasteiger partial charge in [0.1, 0.15) is 5.82 Å². The predicted octanol–water partition coefficient (Wildman–Crippen LogP) is 3.53. The topological polar surface area (TPSA) is 48.5 Å². The molecule has 2 aromatic rings. The number of pyridine rings is 1. The number of anilines is 2. The van der Waals surface area contributed by atoms with E-state index in [2.05, 4.69) is 45.2 Å². The Hall–Kier alpha value is -2.40. The number of hydrogen-bond acceptors (Lipinski definition) is 4. The van der Waals surface area contributed by atoms with Crippen molar-refractivity contribution in [2.45, 2.75) is 32.7 Å². The summed E-state index contributed by atoms with van der Waals surface area (Å²) >= 11 is 0. The third-order valence-electron chi connectivity index (χ3n) is 4.75. The molecule has 0 spiro atoms. The summed E-state index contributed by atoms with van der Waals surface area (Å²) in [6.07, 6.45) is 4.43. The molecule has 1 saturated heterocycles. The zero-order chi connectivity index (χ0) is 18.2. The first-order chi connectivity index (χ1) is 12.7. The first-order valence-electron chi connectivity index (χ1n) is 9.51. The second kappa shape index (κ2) is 9.34. The molecule has 0 bridgehead atoms. The molecule has 1 aliphatic rings. The number of rotatable bonds is 7. The van der Waals surface area contributed by atoms with Crippen LogP contribution in [0.15, 0.2) is 48.7 Å². The lowest BCUT2D eigenvalue weighted by Crippen LogP contribution is -2.46. The molecule has 138 valence electrons. The predicted molar refractivity (Wildman–Crippen MR) is 106 cm³/mol. The Balaban J connectivity index is 1.46. The second-order valence-electron chi connectivity index (χ2n) is 6.80. The van der Waals surface area contributed by atoms with E-state index in [0.717, 1.165) is 57.1 Å². The Morgan fingerprint density at radius 1 is 1.08 bits per heavy atom. The molecule has 1 aliphatic heterocycles. The molecule has 5 nitrogen and oxygen atoms in total. The third-order valence-corrected chi connectivity index (χ3v) is 4.75. The van der Waals surface area contributed by atoms with E-state index in [4.69, 9.17) is 0 Å². The quantitative estimate of drug-likeness (QED) is 0.828. The molecule has 1 amide bonds. The largest absolute Gasteiger partial charge is 0.354 e. The number of carbonyl (C=O) groups is 1. The monoisotopic (exact) mass is 352 g/mol. The molecule has 1 aromatic carbocycles. The van der Waals surface area contributed by atoms with Crippen LogP contribution in [0.1, 0.15) is 31.7 Å². The van der Waals surface area contributed by atoms with Crippen molar-refractivity contribution in [3.8, 4) is 0 Å². The highest BCUT2D eigenvalue weighted by atomic mass is 16.1. The van der Waals surface area contributed by atoms with Crippen LogP contribution in [0.2, 0.25) is 0 Å². The normalized spacial score (nSPS) is 15.0. The van der Waals surface area contributed by atoms with Crippen LogP contribution in [0.4, 0.5) is 11.5 Å². The summed E-state index contributed by atoms with van der Waals surface area (Å²) in [6, 6.07) is 14.3. The maximum atomic E-state index is 11.8. The van der Waals surface area contributed by atoms with Crippen molar-refractivity contribution in [3.05, 3.63) is 54.2 Å². The van der Waals surface area contributed by atoms with E-state index in [-0.39, 0.29) is 5.91 Å². The number of piperazine rings is 1. The van der Waals surface area contributed by atoms with Crippen LogP contribution < -0.4 is 10.2 Å². The lowest BCUT2D eigenvalue weighted by Gasteiger charge is -2.35. The SMILES string of the molecule is CCCCC(=O)Nc1ccc(CN2CCN(c3ccccn3)CC2)cc1. The summed E-state index contributed by atoms with van der Waals surface area (Å²) in [5, 5.41) is 2.97. The highest BCUT2D eigenvalue weighted by molar-refractivity contribution is 5.90. The standard InChI is InChI=1S/C21H28N4O/c1-2-3-7-21(26)23-19-10-8-18(9-11-19)17-24-13-15-25(16-14-24)20-6-4-5-12-22-20/h4-6,8-12H,2-3,7,13-17H2,1H3,(H,23,26). The van der Waals surface area contributed by atoms with Gasteiger partial charge in [-0.05, 0) is 36.2 Å². The van der Waals surface area contributed by atoms with Gasteiger partial charge < -0.3 is 10.2 Å². The maximum Gasteiger partial charge on any atom is 0.224 e. The van der Waals surface area contributed by atoms with Crippen LogP contribution in [0.5, 0.6) is 0 Å². The highest BCUT2D eigenvalue weighted by Gasteiger charge is 2.17. The van der Waals surface area contributed by atoms with E-state index in [1.807, 2.05) is 30.5 Å². The summed E-state index contributed by atoms with van der Waals surface area (Å²) in [5.74, 6) is 1.17. The van der Waals surface area contributed by atoms with Crippen molar-refractivity contribution < 1.29 is 4.79 Å². The molecule has 1 aromatic heterocycles. The van der Waals surface area contributed by atoms with Crippen molar-refractivity contribution in [1.82, 2.24) is 9.88 Å². The average Bonchev–Trinajstić information content (AvgIpc) is 2.69. The molecule has 0 unspecified atom stereocenters. The number of unbranched alkanes of at least 4 members (excludes halogenated alkanes) is 1. The minimum Gasteiger partial charge on any atom is -0.354 e. The van der Waals surface area contributed by atoms with Crippen LogP contribution >= 0.6 is 0 Å². The van der Waals surface area contributed by atoms with Gasteiger partial charge in [-0.15, -0.1) is 0 Å². The Morgan fingerprint density at radius 2 is 1.85 bits per heavy atom. The van der Waals surface area contributed by atoms with Gasteiger partial charge in [0, 0.05) is 51.0 Å². The molecule has 26 heavy (non-hydrogen) atoms. The average molecular weight is 352 g/mol. The minimum atomic E-state index is 0.102. The summed E-state index contributed by atoms with van der Waals surface area (Å²) < 4.78 is 0. The van der Waals surface area contributed by atoms with Gasteiger partial charge in [-0.2, -0.15) is 0 Å². The fraction of sp³-hybridized carbons (Fsp3) is 0.429. The number of aromatic nitrogens is 1. The molecular formula is C21H28N4O. The zero-order valence-electron chi connectivity index (χ0n) is 15.5. The molecule has 3 rings (SSSR count). The first-order valence-corrected chi connectivity index (χ1v) is 9.51. The van der Waals surface area contributed by atoms with Gasteiger partial charge in [-0.1, -0.05) is 31.5 Å². The van der Waals surface area contributed by atoms with E-state index in [0.29, 0.717) is 6.42 Å². The van der Waals surface area contributed by atoms with Gasteiger partial charge in [0.25, 0.3) is 0 Å². The summed E-state index contributed by atoms with van der Waals surface area (Å²) in [5.41, 5.74) is 2.16. The van der Waals surface area contributed by atoms with E-state index in [9.17, 15) is 4.79 Å². The lowest BCUT2D eigenvalue weighted by atomic mass is 10.1. The summed E-state index contributed by atoms with van der Waals surface area (Å²) in [7, 11) is 0. The molecule has 2 heterocycles. The Kier molecular flexibility index (Phi) is 6.61. The van der Waals surface area contributed by atoms with Gasteiger partial charge in [0.2, 0.25) is 5.91 Å². The molecule has 1 N–H and O–H groups in total. The van der Waals surface area contributed by atoms with Crippen LogP contribution in [0.25, 0.3) is 0 Å². The number of hydrogen-bond donors (Lipinski definition) is 1. The summed E-state index contributed by atoms with van der Waals surface area (Å²) in [6.45, 7) is 7.11. The van der Waals surface area contributed by atoms with E-state index in [1.165, 1.54) is 5.56 Å². The van der Waals surface area contributed by atoms with E-state index >= 15 is 0 Å².